The zero-order chi connectivity index (χ0) is 25.0. The van der Waals surface area contributed by atoms with Crippen LogP contribution in [0.15, 0.2) is 42.9 Å². The van der Waals surface area contributed by atoms with Gasteiger partial charge >= 0.3 is 6.18 Å². The van der Waals surface area contributed by atoms with Crippen LogP contribution in [-0.4, -0.2) is 70.6 Å². The molecule has 0 aliphatic carbocycles. The number of amides is 2. The van der Waals surface area contributed by atoms with Crippen molar-refractivity contribution in [3.63, 3.8) is 0 Å². The van der Waals surface area contributed by atoms with Gasteiger partial charge in [0.25, 0.3) is 0 Å². The lowest BCUT2D eigenvalue weighted by Gasteiger charge is -2.34. The number of rotatable bonds is 8. The molecule has 4 rings (SSSR count). The average Bonchev–Trinajstić information content (AvgIpc) is 3.25. The summed E-state index contributed by atoms with van der Waals surface area (Å²) in [7, 11) is 0. The fourth-order valence-electron chi connectivity index (χ4n) is 3.90. The van der Waals surface area contributed by atoms with Gasteiger partial charge in [-0.15, -0.1) is 0 Å². The standard InChI is InChI=1S/C23H25F3N6O3/c24-23(25,26)18-14-28-22(29-15-18)32-8-6-31(7-9-32)20(33)4-11-35-12-10-30-5-3-16-1-2-17(21(27)34)13-19(16)30/h1-3,5,13-15H,4,6-12H2,(H2,27,34). The minimum Gasteiger partial charge on any atom is -0.379 e. The minimum absolute atomic E-state index is 0.0458. The van der Waals surface area contributed by atoms with E-state index >= 15 is 0 Å². The number of primary amides is 1. The molecule has 9 nitrogen and oxygen atoms in total. The van der Waals surface area contributed by atoms with Crippen LogP contribution in [0.3, 0.4) is 0 Å². The van der Waals surface area contributed by atoms with Crippen LogP contribution in [0.1, 0.15) is 22.3 Å². The molecule has 1 saturated heterocycles. The Labute approximate surface area is 199 Å². The molecule has 1 aliphatic heterocycles. The Bertz CT molecular complexity index is 1190. The number of fused-ring (bicyclic) bond motifs is 1. The number of alkyl halides is 3. The van der Waals surface area contributed by atoms with Crippen LogP contribution >= 0.6 is 0 Å². The fourth-order valence-corrected chi connectivity index (χ4v) is 3.90. The van der Waals surface area contributed by atoms with Crippen molar-refractivity contribution in [2.24, 2.45) is 5.73 Å². The SMILES string of the molecule is NC(=O)c1ccc2ccn(CCOCCC(=O)N3CCN(c4ncc(C(F)(F)F)cn4)CC3)c2c1. The number of carbonyl (C=O) groups is 2. The summed E-state index contributed by atoms with van der Waals surface area (Å²) in [5, 5.41) is 0.992. The average molecular weight is 490 g/mol. The van der Waals surface area contributed by atoms with E-state index in [-0.39, 0.29) is 24.9 Å². The number of nitrogens with two attached hydrogens (primary N) is 1. The Morgan fingerprint density at radius 3 is 2.40 bits per heavy atom. The van der Waals surface area contributed by atoms with Gasteiger partial charge in [0, 0.05) is 62.4 Å². The second-order valence-corrected chi connectivity index (χ2v) is 8.15. The first-order valence-electron chi connectivity index (χ1n) is 11.1. The number of hydrogen-bond donors (Lipinski definition) is 1. The normalized spacial score (nSPS) is 14.5. The number of benzene rings is 1. The molecule has 35 heavy (non-hydrogen) atoms. The zero-order valence-electron chi connectivity index (χ0n) is 18.9. The molecule has 3 aromatic rings. The van der Waals surface area contributed by atoms with E-state index in [1.807, 2.05) is 22.9 Å². The van der Waals surface area contributed by atoms with E-state index in [4.69, 9.17) is 10.5 Å². The molecule has 0 bridgehead atoms. The summed E-state index contributed by atoms with van der Waals surface area (Å²) in [6.07, 6.45) is -0.802. The summed E-state index contributed by atoms with van der Waals surface area (Å²) in [4.78, 5) is 35.0. The van der Waals surface area contributed by atoms with Gasteiger partial charge in [0.1, 0.15) is 0 Å². The van der Waals surface area contributed by atoms with Gasteiger partial charge in [-0.3, -0.25) is 9.59 Å². The van der Waals surface area contributed by atoms with Crippen LogP contribution < -0.4 is 10.6 Å². The highest BCUT2D eigenvalue weighted by molar-refractivity contribution is 5.97. The highest BCUT2D eigenvalue weighted by Crippen LogP contribution is 2.28. The van der Waals surface area contributed by atoms with Crippen molar-refractivity contribution < 1.29 is 27.5 Å². The molecular weight excluding hydrogens is 465 g/mol. The Balaban J connectivity index is 1.18. The number of nitrogens with zero attached hydrogens (tertiary/aromatic N) is 5. The lowest BCUT2D eigenvalue weighted by molar-refractivity contribution is -0.138. The Morgan fingerprint density at radius 2 is 1.74 bits per heavy atom. The third-order valence-electron chi connectivity index (χ3n) is 5.88. The quantitative estimate of drug-likeness (QED) is 0.486. The molecular formula is C23H25F3N6O3. The molecule has 12 heteroatoms. The monoisotopic (exact) mass is 490 g/mol. The van der Waals surface area contributed by atoms with Crippen molar-refractivity contribution in [1.82, 2.24) is 19.4 Å². The van der Waals surface area contributed by atoms with E-state index in [0.29, 0.717) is 44.9 Å². The Kier molecular flexibility index (Phi) is 7.20. The largest absolute Gasteiger partial charge is 0.419 e. The summed E-state index contributed by atoms with van der Waals surface area (Å²) in [6, 6.07) is 7.22. The van der Waals surface area contributed by atoms with E-state index in [2.05, 4.69) is 9.97 Å². The first kappa shape index (κ1) is 24.5. The van der Waals surface area contributed by atoms with Gasteiger partial charge < -0.3 is 24.8 Å². The molecule has 0 spiro atoms. The van der Waals surface area contributed by atoms with Crippen molar-refractivity contribution in [3.8, 4) is 0 Å². The number of halogens is 3. The molecule has 0 unspecified atom stereocenters. The molecule has 0 atom stereocenters. The topological polar surface area (TPSA) is 107 Å². The third-order valence-corrected chi connectivity index (χ3v) is 5.88. The predicted molar refractivity (Wildman–Crippen MR) is 122 cm³/mol. The Hall–Kier alpha value is -3.67. The fraction of sp³-hybridized carbons (Fsp3) is 0.391. The highest BCUT2D eigenvalue weighted by atomic mass is 19.4. The Morgan fingerprint density at radius 1 is 1.03 bits per heavy atom. The van der Waals surface area contributed by atoms with E-state index in [0.717, 1.165) is 23.3 Å². The molecule has 3 heterocycles. The van der Waals surface area contributed by atoms with E-state index in [9.17, 15) is 22.8 Å². The minimum atomic E-state index is -4.48. The van der Waals surface area contributed by atoms with Gasteiger partial charge in [-0.1, -0.05) is 6.07 Å². The van der Waals surface area contributed by atoms with Crippen molar-refractivity contribution in [2.75, 3.05) is 44.3 Å². The predicted octanol–water partition coefficient (Wildman–Crippen LogP) is 2.30. The van der Waals surface area contributed by atoms with Crippen LogP contribution in [0.4, 0.5) is 19.1 Å². The molecule has 1 fully saturated rings. The number of anilines is 1. The maximum atomic E-state index is 12.7. The summed E-state index contributed by atoms with van der Waals surface area (Å²) in [5.74, 6) is -0.313. The van der Waals surface area contributed by atoms with Crippen molar-refractivity contribution in [3.05, 3.63) is 54.0 Å². The van der Waals surface area contributed by atoms with Gasteiger partial charge in [-0.05, 0) is 23.6 Å². The molecule has 1 aromatic carbocycles. The van der Waals surface area contributed by atoms with Crippen molar-refractivity contribution in [2.45, 2.75) is 19.1 Å². The zero-order valence-corrected chi connectivity index (χ0v) is 18.9. The lowest BCUT2D eigenvalue weighted by atomic mass is 10.1. The number of hydrogen-bond acceptors (Lipinski definition) is 6. The van der Waals surface area contributed by atoms with Crippen LogP contribution in [-0.2, 0) is 22.3 Å². The molecule has 186 valence electrons. The summed E-state index contributed by atoms with van der Waals surface area (Å²) in [5.41, 5.74) is 5.79. The van der Waals surface area contributed by atoms with Gasteiger partial charge in [-0.25, -0.2) is 9.97 Å². The number of aromatic nitrogens is 3. The maximum Gasteiger partial charge on any atom is 0.419 e. The van der Waals surface area contributed by atoms with Crippen molar-refractivity contribution >= 4 is 28.7 Å². The number of piperazine rings is 1. The van der Waals surface area contributed by atoms with Crippen LogP contribution in [0, 0.1) is 0 Å². The second-order valence-electron chi connectivity index (χ2n) is 8.15. The van der Waals surface area contributed by atoms with E-state index < -0.39 is 17.6 Å². The van der Waals surface area contributed by atoms with E-state index in [1.54, 1.807) is 21.9 Å². The van der Waals surface area contributed by atoms with Gasteiger partial charge in [0.2, 0.25) is 17.8 Å². The lowest BCUT2D eigenvalue weighted by Crippen LogP contribution is -2.49. The van der Waals surface area contributed by atoms with Gasteiger partial charge in [-0.2, -0.15) is 13.2 Å². The van der Waals surface area contributed by atoms with Gasteiger partial charge in [0.05, 0.1) is 25.2 Å². The first-order valence-corrected chi connectivity index (χ1v) is 11.1. The van der Waals surface area contributed by atoms with Crippen LogP contribution in [0.5, 0.6) is 0 Å². The molecule has 0 saturated carbocycles. The van der Waals surface area contributed by atoms with Crippen LogP contribution in [0.2, 0.25) is 0 Å². The highest BCUT2D eigenvalue weighted by Gasteiger charge is 2.32. The molecule has 2 N–H and O–H groups in total. The summed E-state index contributed by atoms with van der Waals surface area (Å²) < 4.78 is 45.6. The van der Waals surface area contributed by atoms with Crippen LogP contribution in [0.25, 0.3) is 10.9 Å². The number of carbonyl (C=O) groups excluding carboxylic acids is 2. The second kappa shape index (κ2) is 10.3. The van der Waals surface area contributed by atoms with Crippen molar-refractivity contribution in [1.29, 1.82) is 0 Å². The van der Waals surface area contributed by atoms with E-state index in [1.165, 1.54) is 0 Å². The molecule has 0 radical (unpaired) electrons. The molecule has 1 aliphatic rings. The summed E-state index contributed by atoms with van der Waals surface area (Å²) >= 11 is 0. The summed E-state index contributed by atoms with van der Waals surface area (Å²) in [6.45, 7) is 2.97. The third kappa shape index (κ3) is 5.88. The smallest absolute Gasteiger partial charge is 0.379 e. The maximum absolute atomic E-state index is 12.7. The molecule has 2 aromatic heterocycles. The number of ether oxygens (including phenoxy) is 1. The van der Waals surface area contributed by atoms with Gasteiger partial charge in [0.15, 0.2) is 0 Å². The molecule has 2 amide bonds. The first-order chi connectivity index (χ1) is 16.7.